The van der Waals surface area contributed by atoms with Crippen LogP contribution in [0.15, 0.2) is 0 Å². The van der Waals surface area contributed by atoms with Gasteiger partial charge < -0.3 is 16.2 Å². The molecule has 0 aromatic heterocycles. The molecule has 5 heteroatoms. The number of nitrogens with two attached hydrogens (primary N) is 1. The molecular formula is C15H28N2O3. The van der Waals surface area contributed by atoms with Gasteiger partial charge in [-0.25, -0.2) is 0 Å². The summed E-state index contributed by atoms with van der Waals surface area (Å²) in [5, 5.41) is 11.8. The van der Waals surface area contributed by atoms with Crippen LogP contribution in [-0.4, -0.2) is 29.1 Å². The van der Waals surface area contributed by atoms with Crippen LogP contribution < -0.4 is 11.1 Å². The molecule has 0 aromatic rings. The summed E-state index contributed by atoms with van der Waals surface area (Å²) in [6, 6.07) is 0. The maximum absolute atomic E-state index is 11.9. The van der Waals surface area contributed by atoms with Gasteiger partial charge in [-0.3, -0.25) is 9.59 Å². The number of nitrogens with one attached hydrogen (secondary N) is 1. The Labute approximate surface area is 121 Å². The Morgan fingerprint density at radius 1 is 1.30 bits per heavy atom. The van der Waals surface area contributed by atoms with E-state index in [9.17, 15) is 9.59 Å². The molecule has 20 heavy (non-hydrogen) atoms. The molecule has 0 heterocycles. The molecule has 1 saturated carbocycles. The summed E-state index contributed by atoms with van der Waals surface area (Å²) in [7, 11) is 0. The number of hydrogen-bond donors (Lipinski definition) is 3. The highest BCUT2D eigenvalue weighted by molar-refractivity contribution is 5.77. The minimum atomic E-state index is -0.809. The second-order valence-electron chi connectivity index (χ2n) is 6.64. The van der Waals surface area contributed by atoms with Crippen molar-refractivity contribution >= 4 is 11.9 Å². The van der Waals surface area contributed by atoms with Gasteiger partial charge in [-0.05, 0) is 31.1 Å². The molecule has 0 aromatic carbocycles. The van der Waals surface area contributed by atoms with Gasteiger partial charge in [0.15, 0.2) is 0 Å². The van der Waals surface area contributed by atoms with Crippen molar-refractivity contribution in [1.82, 2.24) is 5.32 Å². The summed E-state index contributed by atoms with van der Waals surface area (Å²) >= 11 is 0. The van der Waals surface area contributed by atoms with Gasteiger partial charge in [0.1, 0.15) is 0 Å². The van der Waals surface area contributed by atoms with E-state index in [-0.39, 0.29) is 23.8 Å². The van der Waals surface area contributed by atoms with E-state index < -0.39 is 5.97 Å². The van der Waals surface area contributed by atoms with E-state index >= 15 is 0 Å². The van der Waals surface area contributed by atoms with Crippen LogP contribution in [0.4, 0.5) is 0 Å². The van der Waals surface area contributed by atoms with Crippen LogP contribution in [-0.2, 0) is 9.59 Å². The topological polar surface area (TPSA) is 92.4 Å². The lowest BCUT2D eigenvalue weighted by Crippen LogP contribution is -2.43. The lowest BCUT2D eigenvalue weighted by molar-refractivity contribution is -0.138. The molecule has 1 atom stereocenters. The fourth-order valence-corrected chi connectivity index (χ4v) is 3.05. The minimum absolute atomic E-state index is 0.00578. The van der Waals surface area contributed by atoms with Crippen molar-refractivity contribution < 1.29 is 14.7 Å². The van der Waals surface area contributed by atoms with E-state index in [1.807, 2.05) is 0 Å². The first-order valence-electron chi connectivity index (χ1n) is 7.58. The molecule has 0 aliphatic heterocycles. The van der Waals surface area contributed by atoms with Crippen LogP contribution >= 0.6 is 0 Å². The van der Waals surface area contributed by atoms with E-state index in [4.69, 9.17) is 10.8 Å². The van der Waals surface area contributed by atoms with Gasteiger partial charge in [0.25, 0.3) is 0 Å². The van der Waals surface area contributed by atoms with Crippen molar-refractivity contribution in [1.29, 1.82) is 0 Å². The smallest absolute Gasteiger partial charge is 0.303 e. The largest absolute Gasteiger partial charge is 0.481 e. The first kappa shape index (κ1) is 17.0. The predicted octanol–water partition coefficient (Wildman–Crippen LogP) is 1.90. The second-order valence-corrected chi connectivity index (χ2v) is 6.64. The van der Waals surface area contributed by atoms with E-state index in [0.717, 1.165) is 32.1 Å². The van der Waals surface area contributed by atoms with E-state index in [2.05, 4.69) is 19.2 Å². The molecule has 0 saturated heterocycles. The van der Waals surface area contributed by atoms with Crippen molar-refractivity contribution in [3.8, 4) is 0 Å². The highest BCUT2D eigenvalue weighted by atomic mass is 16.4. The molecule has 1 amide bonds. The van der Waals surface area contributed by atoms with Gasteiger partial charge in [0.05, 0.1) is 0 Å². The third-order valence-corrected chi connectivity index (χ3v) is 3.97. The zero-order valence-corrected chi connectivity index (χ0v) is 12.7. The Balaban J connectivity index is 2.37. The van der Waals surface area contributed by atoms with Crippen LogP contribution in [0.3, 0.4) is 0 Å². The molecule has 1 fully saturated rings. The van der Waals surface area contributed by atoms with Gasteiger partial charge in [-0.1, -0.05) is 26.7 Å². The van der Waals surface area contributed by atoms with E-state index in [0.29, 0.717) is 18.9 Å². The molecule has 4 N–H and O–H groups in total. The van der Waals surface area contributed by atoms with Gasteiger partial charge >= 0.3 is 5.97 Å². The second kappa shape index (κ2) is 7.62. The zero-order chi connectivity index (χ0) is 15.2. The summed E-state index contributed by atoms with van der Waals surface area (Å²) in [6.45, 7) is 4.55. The standard InChI is InChI=1S/C15H28N2O3/c1-11(2)7-12(8-14(19)20)10-17-13(18)9-15(16)5-3-4-6-15/h11-12H,3-10,16H2,1-2H3,(H,17,18)(H,19,20). The van der Waals surface area contributed by atoms with Crippen molar-refractivity contribution in [2.24, 2.45) is 17.6 Å². The van der Waals surface area contributed by atoms with Crippen molar-refractivity contribution in [3.63, 3.8) is 0 Å². The van der Waals surface area contributed by atoms with Crippen LogP contribution in [0.25, 0.3) is 0 Å². The van der Waals surface area contributed by atoms with E-state index in [1.54, 1.807) is 0 Å². The average molecular weight is 284 g/mol. The lowest BCUT2D eigenvalue weighted by Gasteiger charge is -2.24. The summed E-state index contributed by atoms with van der Waals surface area (Å²) in [5.74, 6) is -0.440. The third kappa shape index (κ3) is 6.37. The number of carbonyl (C=O) groups excluding carboxylic acids is 1. The van der Waals surface area contributed by atoms with Crippen LogP contribution in [0.2, 0.25) is 0 Å². The zero-order valence-electron chi connectivity index (χ0n) is 12.7. The number of aliphatic carboxylic acids is 1. The SMILES string of the molecule is CC(C)CC(CNC(=O)CC1(N)CCCC1)CC(=O)O. The summed E-state index contributed by atoms with van der Waals surface area (Å²) in [5.41, 5.74) is 5.83. The quantitative estimate of drug-likeness (QED) is 0.634. The number of amides is 1. The van der Waals surface area contributed by atoms with Gasteiger partial charge in [0, 0.05) is 24.9 Å². The average Bonchev–Trinajstić information content (AvgIpc) is 2.71. The van der Waals surface area contributed by atoms with Crippen molar-refractivity contribution in [2.75, 3.05) is 6.54 Å². The minimum Gasteiger partial charge on any atom is -0.481 e. The lowest BCUT2D eigenvalue weighted by atomic mass is 9.92. The first-order valence-corrected chi connectivity index (χ1v) is 7.58. The molecule has 0 radical (unpaired) electrons. The molecule has 1 unspecified atom stereocenters. The highest BCUT2D eigenvalue weighted by Crippen LogP contribution is 2.29. The number of carboxylic acid groups (broad SMARTS) is 1. The highest BCUT2D eigenvalue weighted by Gasteiger charge is 2.31. The molecule has 1 aliphatic rings. The first-order chi connectivity index (χ1) is 9.31. The fraction of sp³-hybridized carbons (Fsp3) is 0.867. The maximum Gasteiger partial charge on any atom is 0.303 e. The summed E-state index contributed by atoms with van der Waals surface area (Å²) in [4.78, 5) is 22.8. The number of hydrogen-bond acceptors (Lipinski definition) is 3. The van der Waals surface area contributed by atoms with Crippen molar-refractivity contribution in [2.45, 2.75) is 64.3 Å². The predicted molar refractivity (Wildman–Crippen MR) is 78.2 cm³/mol. The molecule has 5 nitrogen and oxygen atoms in total. The molecule has 1 rings (SSSR count). The Kier molecular flexibility index (Phi) is 6.46. The summed E-state index contributed by atoms with van der Waals surface area (Å²) in [6.07, 6.45) is 5.27. The molecule has 0 bridgehead atoms. The Morgan fingerprint density at radius 3 is 2.40 bits per heavy atom. The van der Waals surface area contributed by atoms with Gasteiger partial charge in [0.2, 0.25) is 5.91 Å². The third-order valence-electron chi connectivity index (χ3n) is 3.97. The molecule has 1 aliphatic carbocycles. The maximum atomic E-state index is 11.9. The fourth-order valence-electron chi connectivity index (χ4n) is 3.05. The van der Waals surface area contributed by atoms with Crippen molar-refractivity contribution in [3.05, 3.63) is 0 Å². The molecular weight excluding hydrogens is 256 g/mol. The number of carboxylic acids is 1. The Hall–Kier alpha value is -1.10. The Morgan fingerprint density at radius 2 is 1.90 bits per heavy atom. The number of carbonyl (C=O) groups is 2. The van der Waals surface area contributed by atoms with E-state index in [1.165, 1.54) is 0 Å². The van der Waals surface area contributed by atoms with Crippen LogP contribution in [0, 0.1) is 11.8 Å². The monoisotopic (exact) mass is 284 g/mol. The summed E-state index contributed by atoms with van der Waals surface area (Å²) < 4.78 is 0. The van der Waals surface area contributed by atoms with Crippen LogP contribution in [0.5, 0.6) is 0 Å². The molecule has 0 spiro atoms. The Bertz CT molecular complexity index is 336. The van der Waals surface area contributed by atoms with Gasteiger partial charge in [-0.2, -0.15) is 0 Å². The van der Waals surface area contributed by atoms with Crippen LogP contribution in [0.1, 0.15) is 58.8 Å². The normalized spacial score (nSPS) is 19.0. The van der Waals surface area contributed by atoms with Gasteiger partial charge in [-0.15, -0.1) is 0 Å². The molecule has 116 valence electrons. The number of rotatable bonds is 8.